The van der Waals surface area contributed by atoms with E-state index >= 15 is 0 Å². The van der Waals surface area contributed by atoms with Crippen molar-refractivity contribution in [2.45, 2.75) is 56.3 Å². The predicted molar refractivity (Wildman–Crippen MR) is 78.1 cm³/mol. The Balaban J connectivity index is 1.92. The molecule has 0 atom stereocenters. The normalized spacial score (nSPS) is 15.0. The first-order valence-corrected chi connectivity index (χ1v) is 8.07. The molecule has 7 nitrogen and oxygen atoms in total. The van der Waals surface area contributed by atoms with Crippen LogP contribution in [0.5, 0.6) is 0 Å². The van der Waals surface area contributed by atoms with Crippen LogP contribution in [0.25, 0.3) is 0 Å². The average molecular weight is 312 g/mol. The van der Waals surface area contributed by atoms with Crippen LogP contribution in [0.3, 0.4) is 0 Å². The third-order valence-corrected chi connectivity index (χ3v) is 4.77. The van der Waals surface area contributed by atoms with Crippen LogP contribution >= 0.6 is 11.8 Å². The van der Waals surface area contributed by atoms with Gasteiger partial charge in [0.25, 0.3) is 0 Å². The minimum absolute atomic E-state index is 0.139. The lowest BCUT2D eigenvalue weighted by Crippen LogP contribution is -2.54. The van der Waals surface area contributed by atoms with E-state index in [4.69, 9.17) is 0 Å². The van der Waals surface area contributed by atoms with Crippen LogP contribution in [0.2, 0.25) is 0 Å². The van der Waals surface area contributed by atoms with E-state index in [2.05, 4.69) is 15.5 Å². The third-order valence-electron chi connectivity index (χ3n) is 3.81. The number of thioether (sulfide) groups is 1. The molecule has 1 aromatic rings. The van der Waals surface area contributed by atoms with Gasteiger partial charge in [-0.25, -0.2) is 4.79 Å². The van der Waals surface area contributed by atoms with E-state index in [0.717, 1.165) is 12.8 Å². The Morgan fingerprint density at radius 2 is 2.14 bits per heavy atom. The summed E-state index contributed by atoms with van der Waals surface area (Å²) in [5, 5.41) is 20.5. The molecule has 1 heterocycles. The van der Waals surface area contributed by atoms with Crippen LogP contribution < -0.4 is 5.32 Å². The molecule has 0 saturated heterocycles. The zero-order valence-electron chi connectivity index (χ0n) is 12.2. The number of aromatic nitrogens is 3. The van der Waals surface area contributed by atoms with Crippen LogP contribution in [0, 0.1) is 0 Å². The Kier molecular flexibility index (Phi) is 4.87. The number of carboxylic acid groups (broad SMARTS) is 1. The first-order chi connectivity index (χ1) is 10.0. The Labute approximate surface area is 127 Å². The number of aliphatic carboxylic acids is 1. The van der Waals surface area contributed by atoms with Crippen molar-refractivity contribution in [1.82, 2.24) is 20.1 Å². The molecule has 1 saturated carbocycles. The quantitative estimate of drug-likeness (QED) is 0.705. The topological polar surface area (TPSA) is 97.1 Å². The second kappa shape index (κ2) is 6.46. The largest absolute Gasteiger partial charge is 0.480 e. The third kappa shape index (κ3) is 3.55. The maximum absolute atomic E-state index is 12.0. The summed E-state index contributed by atoms with van der Waals surface area (Å²) in [7, 11) is 0. The van der Waals surface area contributed by atoms with Crippen molar-refractivity contribution >= 4 is 23.6 Å². The SMILES string of the molecule is CCC(CC)(NC(=O)CSc1nncn1C1CC1)C(=O)O. The van der Waals surface area contributed by atoms with Crippen molar-refractivity contribution in [3.63, 3.8) is 0 Å². The lowest BCUT2D eigenvalue weighted by molar-refractivity contribution is -0.147. The monoisotopic (exact) mass is 312 g/mol. The highest BCUT2D eigenvalue weighted by Crippen LogP contribution is 2.37. The summed E-state index contributed by atoms with van der Waals surface area (Å²) >= 11 is 1.29. The van der Waals surface area contributed by atoms with E-state index in [-0.39, 0.29) is 11.7 Å². The molecule has 0 bridgehead atoms. The molecule has 0 aliphatic heterocycles. The molecule has 0 unspecified atom stereocenters. The molecule has 21 heavy (non-hydrogen) atoms. The van der Waals surface area contributed by atoms with Crippen molar-refractivity contribution in [2.24, 2.45) is 0 Å². The summed E-state index contributed by atoms with van der Waals surface area (Å²) in [5.41, 5.74) is -1.18. The van der Waals surface area contributed by atoms with Gasteiger partial charge in [0.1, 0.15) is 11.9 Å². The van der Waals surface area contributed by atoms with Gasteiger partial charge >= 0.3 is 5.97 Å². The van der Waals surface area contributed by atoms with E-state index in [0.29, 0.717) is 24.0 Å². The lowest BCUT2D eigenvalue weighted by Gasteiger charge is -2.27. The van der Waals surface area contributed by atoms with Gasteiger partial charge in [-0.15, -0.1) is 10.2 Å². The van der Waals surface area contributed by atoms with Crippen molar-refractivity contribution < 1.29 is 14.7 Å². The number of nitrogens with zero attached hydrogens (tertiary/aromatic N) is 3. The Bertz CT molecular complexity index is 523. The summed E-state index contributed by atoms with van der Waals surface area (Å²) in [4.78, 5) is 23.4. The molecule has 2 N–H and O–H groups in total. The lowest BCUT2D eigenvalue weighted by atomic mass is 9.93. The van der Waals surface area contributed by atoms with Crippen molar-refractivity contribution in [1.29, 1.82) is 0 Å². The zero-order valence-corrected chi connectivity index (χ0v) is 13.0. The summed E-state index contributed by atoms with van der Waals surface area (Å²) in [6, 6.07) is 0.454. The molecule has 1 amide bonds. The van der Waals surface area contributed by atoms with Crippen LogP contribution in [-0.2, 0) is 9.59 Å². The van der Waals surface area contributed by atoms with Gasteiger partial charge in [-0.1, -0.05) is 25.6 Å². The minimum atomic E-state index is -1.18. The van der Waals surface area contributed by atoms with E-state index in [1.54, 1.807) is 20.2 Å². The fourth-order valence-corrected chi connectivity index (χ4v) is 2.94. The van der Waals surface area contributed by atoms with Crippen molar-refractivity contribution in [2.75, 3.05) is 5.75 Å². The van der Waals surface area contributed by atoms with Crippen LogP contribution in [0.4, 0.5) is 0 Å². The van der Waals surface area contributed by atoms with E-state index in [9.17, 15) is 14.7 Å². The fourth-order valence-electron chi connectivity index (χ4n) is 2.15. The highest BCUT2D eigenvalue weighted by molar-refractivity contribution is 7.99. The number of rotatable bonds is 8. The first kappa shape index (κ1) is 15.8. The molecule has 1 fully saturated rings. The maximum Gasteiger partial charge on any atom is 0.329 e. The smallest absolute Gasteiger partial charge is 0.329 e. The van der Waals surface area contributed by atoms with Crippen LogP contribution in [-0.4, -0.2) is 43.0 Å². The number of hydrogen-bond donors (Lipinski definition) is 2. The molecule has 0 radical (unpaired) electrons. The molecule has 1 aromatic heterocycles. The summed E-state index contributed by atoms with van der Waals surface area (Å²) < 4.78 is 1.97. The number of carboxylic acids is 1. The molecule has 2 rings (SSSR count). The molecular formula is C13H20N4O3S. The van der Waals surface area contributed by atoms with Gasteiger partial charge < -0.3 is 15.0 Å². The fraction of sp³-hybridized carbons (Fsp3) is 0.692. The Hall–Kier alpha value is -1.57. The predicted octanol–water partition coefficient (Wildman–Crippen LogP) is 1.46. The number of carbonyl (C=O) groups is 2. The average Bonchev–Trinajstić information content (AvgIpc) is 3.21. The molecule has 1 aliphatic carbocycles. The second-order valence-electron chi connectivity index (χ2n) is 5.18. The van der Waals surface area contributed by atoms with Gasteiger partial charge in [-0.3, -0.25) is 4.79 Å². The second-order valence-corrected chi connectivity index (χ2v) is 6.13. The standard InChI is InChI=1S/C13H20N4O3S/c1-3-13(4-2,11(19)20)15-10(18)7-21-12-16-14-8-17(12)9-5-6-9/h8-9H,3-7H2,1-2H3,(H,15,18)(H,19,20). The highest BCUT2D eigenvalue weighted by Gasteiger charge is 2.36. The summed E-state index contributed by atoms with van der Waals surface area (Å²) in [6.07, 6.45) is 4.62. The van der Waals surface area contributed by atoms with Crippen LogP contribution in [0.15, 0.2) is 11.5 Å². The van der Waals surface area contributed by atoms with Crippen molar-refractivity contribution in [3.05, 3.63) is 6.33 Å². The van der Waals surface area contributed by atoms with Gasteiger partial charge in [0.2, 0.25) is 5.91 Å². The summed E-state index contributed by atoms with van der Waals surface area (Å²) in [5.74, 6) is -1.15. The molecule has 1 aliphatic rings. The number of carbonyl (C=O) groups excluding carboxylic acids is 1. The highest BCUT2D eigenvalue weighted by atomic mass is 32.2. The summed E-state index contributed by atoms with van der Waals surface area (Å²) in [6.45, 7) is 3.52. The van der Waals surface area contributed by atoms with E-state index in [1.165, 1.54) is 11.8 Å². The Morgan fingerprint density at radius 3 is 2.67 bits per heavy atom. The van der Waals surface area contributed by atoms with Gasteiger partial charge in [0, 0.05) is 6.04 Å². The molecule has 116 valence electrons. The number of amides is 1. The molecular weight excluding hydrogens is 292 g/mol. The van der Waals surface area contributed by atoms with E-state index in [1.807, 2.05) is 4.57 Å². The van der Waals surface area contributed by atoms with Crippen molar-refractivity contribution in [3.8, 4) is 0 Å². The van der Waals surface area contributed by atoms with Gasteiger partial charge in [0.05, 0.1) is 5.75 Å². The van der Waals surface area contributed by atoms with Gasteiger partial charge in [-0.05, 0) is 25.7 Å². The zero-order chi connectivity index (χ0) is 15.5. The number of hydrogen-bond acceptors (Lipinski definition) is 5. The first-order valence-electron chi connectivity index (χ1n) is 7.09. The molecule has 0 aromatic carbocycles. The molecule has 8 heteroatoms. The van der Waals surface area contributed by atoms with Crippen LogP contribution in [0.1, 0.15) is 45.6 Å². The Morgan fingerprint density at radius 1 is 1.48 bits per heavy atom. The minimum Gasteiger partial charge on any atom is -0.480 e. The van der Waals surface area contributed by atoms with E-state index < -0.39 is 11.5 Å². The van der Waals surface area contributed by atoms with Gasteiger partial charge in [-0.2, -0.15) is 0 Å². The van der Waals surface area contributed by atoms with Gasteiger partial charge in [0.15, 0.2) is 5.16 Å². The molecule has 0 spiro atoms. The maximum atomic E-state index is 12.0. The number of nitrogens with one attached hydrogen (secondary N) is 1.